The van der Waals surface area contributed by atoms with Crippen LogP contribution in [0.4, 0.5) is 10.6 Å². The van der Waals surface area contributed by atoms with Gasteiger partial charge in [-0.25, -0.2) is 18.2 Å². The Bertz CT molecular complexity index is 1170. The summed E-state index contributed by atoms with van der Waals surface area (Å²) in [4.78, 5) is 21.2. The predicted molar refractivity (Wildman–Crippen MR) is 121 cm³/mol. The summed E-state index contributed by atoms with van der Waals surface area (Å²) in [5.74, 6) is 0.128. The molecule has 1 aliphatic rings. The Morgan fingerprint density at radius 2 is 1.97 bits per heavy atom. The molecule has 4 rings (SSSR count). The van der Waals surface area contributed by atoms with Gasteiger partial charge in [0.05, 0.1) is 6.26 Å². The number of thiazole rings is 1. The summed E-state index contributed by atoms with van der Waals surface area (Å²) in [5.41, 5.74) is 3.59. The molecule has 3 heterocycles. The van der Waals surface area contributed by atoms with Gasteiger partial charge in [0.15, 0.2) is 5.82 Å². The van der Waals surface area contributed by atoms with E-state index in [1.54, 1.807) is 16.2 Å². The first kappa shape index (κ1) is 21.5. The average molecular weight is 461 g/mol. The second-order valence-corrected chi connectivity index (χ2v) is 10.2. The first-order chi connectivity index (χ1) is 14.8. The Labute approximate surface area is 185 Å². The molecule has 0 spiro atoms. The molecule has 9 nitrogen and oxygen atoms in total. The van der Waals surface area contributed by atoms with Crippen LogP contribution in [0.25, 0.3) is 10.6 Å². The van der Waals surface area contributed by atoms with E-state index in [1.165, 1.54) is 28.1 Å². The molecule has 1 aliphatic heterocycles. The number of carbonyl (C=O) groups is 1. The van der Waals surface area contributed by atoms with Crippen molar-refractivity contribution in [1.82, 2.24) is 24.6 Å². The molecule has 0 unspecified atom stereocenters. The maximum absolute atomic E-state index is 12.7. The third kappa shape index (κ3) is 5.30. The summed E-state index contributed by atoms with van der Waals surface area (Å²) in [6.45, 7) is 5.51. The molecule has 1 amide bonds. The smallest absolute Gasteiger partial charge is 0.320 e. The Morgan fingerprint density at radius 1 is 1.19 bits per heavy atom. The number of piperazine rings is 1. The van der Waals surface area contributed by atoms with Crippen LogP contribution in [0.5, 0.6) is 0 Å². The molecule has 2 aromatic heterocycles. The van der Waals surface area contributed by atoms with E-state index >= 15 is 0 Å². The highest BCUT2D eigenvalue weighted by atomic mass is 32.2. The molecule has 1 fully saturated rings. The van der Waals surface area contributed by atoms with Crippen LogP contribution < -0.4 is 4.72 Å². The Balaban J connectivity index is 1.38. The van der Waals surface area contributed by atoms with E-state index in [0.717, 1.165) is 36.5 Å². The van der Waals surface area contributed by atoms with Crippen molar-refractivity contribution < 1.29 is 13.2 Å². The standard InChI is InChI=1S/C20H24N6O3S2/c1-15-3-4-16(17(13-15)19-21-6-12-30-19)14-24-8-10-25(11-9-24)20(27)26-7-5-18(22-26)23-31(2,28)29/h3-7,12-13H,8-11,14H2,1-2H3,(H,22,23). The molecule has 0 atom stereocenters. The zero-order chi connectivity index (χ0) is 22.0. The van der Waals surface area contributed by atoms with E-state index in [4.69, 9.17) is 0 Å². The molecule has 31 heavy (non-hydrogen) atoms. The molecule has 0 bridgehead atoms. The second-order valence-electron chi connectivity index (χ2n) is 7.56. The minimum atomic E-state index is -3.44. The quantitative estimate of drug-likeness (QED) is 0.628. The lowest BCUT2D eigenvalue weighted by Crippen LogP contribution is -2.49. The third-order valence-corrected chi connectivity index (χ3v) is 6.43. The van der Waals surface area contributed by atoms with E-state index in [9.17, 15) is 13.2 Å². The van der Waals surface area contributed by atoms with E-state index in [-0.39, 0.29) is 11.8 Å². The summed E-state index contributed by atoms with van der Waals surface area (Å²) in [6.07, 6.45) is 4.33. The zero-order valence-electron chi connectivity index (χ0n) is 17.4. The van der Waals surface area contributed by atoms with Gasteiger partial charge in [-0.05, 0) is 18.6 Å². The van der Waals surface area contributed by atoms with Crippen LogP contribution in [-0.4, -0.2) is 71.4 Å². The lowest BCUT2D eigenvalue weighted by Gasteiger charge is -2.34. The van der Waals surface area contributed by atoms with Crippen molar-refractivity contribution in [3.8, 4) is 10.6 Å². The van der Waals surface area contributed by atoms with Crippen molar-refractivity contribution in [3.63, 3.8) is 0 Å². The van der Waals surface area contributed by atoms with Crippen molar-refractivity contribution in [2.24, 2.45) is 0 Å². The SMILES string of the molecule is Cc1ccc(CN2CCN(C(=O)n3ccc(NS(C)(=O)=O)n3)CC2)c(-c2nccs2)c1. The fourth-order valence-corrected chi connectivity index (χ4v) is 4.72. The van der Waals surface area contributed by atoms with Gasteiger partial charge in [-0.15, -0.1) is 16.4 Å². The molecule has 1 N–H and O–H groups in total. The van der Waals surface area contributed by atoms with E-state index < -0.39 is 10.0 Å². The molecule has 0 saturated carbocycles. The second kappa shape index (κ2) is 8.77. The molecule has 164 valence electrons. The van der Waals surface area contributed by atoms with Gasteiger partial charge in [-0.1, -0.05) is 17.7 Å². The van der Waals surface area contributed by atoms with Gasteiger partial charge < -0.3 is 4.90 Å². The van der Waals surface area contributed by atoms with Crippen LogP contribution in [0, 0.1) is 6.92 Å². The average Bonchev–Trinajstić information content (AvgIpc) is 3.40. The van der Waals surface area contributed by atoms with Gasteiger partial charge in [0.1, 0.15) is 5.01 Å². The number of amides is 1. The molecule has 11 heteroatoms. The summed E-state index contributed by atoms with van der Waals surface area (Å²) in [7, 11) is -3.44. The van der Waals surface area contributed by atoms with Crippen molar-refractivity contribution in [3.05, 3.63) is 53.2 Å². The van der Waals surface area contributed by atoms with Crippen molar-refractivity contribution in [2.45, 2.75) is 13.5 Å². The largest absolute Gasteiger partial charge is 0.344 e. The van der Waals surface area contributed by atoms with Crippen LogP contribution in [0.1, 0.15) is 11.1 Å². The Morgan fingerprint density at radius 3 is 2.65 bits per heavy atom. The van der Waals surface area contributed by atoms with Gasteiger partial charge in [0, 0.05) is 62.1 Å². The molecule has 0 radical (unpaired) electrons. The van der Waals surface area contributed by atoms with Crippen LogP contribution >= 0.6 is 11.3 Å². The number of hydrogen-bond donors (Lipinski definition) is 1. The number of sulfonamides is 1. The Hall–Kier alpha value is -2.76. The molecule has 1 saturated heterocycles. The third-order valence-electron chi connectivity index (χ3n) is 5.04. The summed E-state index contributed by atoms with van der Waals surface area (Å²) >= 11 is 1.63. The van der Waals surface area contributed by atoms with Crippen LogP contribution in [0.2, 0.25) is 0 Å². The highest BCUT2D eigenvalue weighted by Gasteiger charge is 2.24. The number of aryl methyl sites for hydroxylation is 1. The molecule has 3 aromatic rings. The number of anilines is 1. The summed E-state index contributed by atoms with van der Waals surface area (Å²) < 4.78 is 26.1. The van der Waals surface area contributed by atoms with Gasteiger partial charge >= 0.3 is 6.03 Å². The number of rotatable bonds is 5. The zero-order valence-corrected chi connectivity index (χ0v) is 19.0. The molecular formula is C20H24N6O3S2. The van der Waals surface area contributed by atoms with Crippen LogP contribution in [0.3, 0.4) is 0 Å². The van der Waals surface area contributed by atoms with Crippen molar-refractivity contribution >= 4 is 33.2 Å². The Kier molecular flexibility index (Phi) is 6.08. The van der Waals surface area contributed by atoms with E-state index in [1.807, 2.05) is 11.6 Å². The van der Waals surface area contributed by atoms with Gasteiger partial charge in [0.25, 0.3) is 0 Å². The first-order valence-corrected chi connectivity index (χ1v) is 12.6. The molecule has 0 aliphatic carbocycles. The maximum atomic E-state index is 12.7. The topological polar surface area (TPSA) is 100 Å². The summed E-state index contributed by atoms with van der Waals surface area (Å²) in [5, 5.41) is 7.02. The fraction of sp³-hybridized carbons (Fsp3) is 0.350. The molecule has 1 aromatic carbocycles. The van der Waals surface area contributed by atoms with Gasteiger partial charge in [-0.3, -0.25) is 9.62 Å². The number of aromatic nitrogens is 3. The van der Waals surface area contributed by atoms with Crippen molar-refractivity contribution in [2.75, 3.05) is 37.2 Å². The first-order valence-electron chi connectivity index (χ1n) is 9.83. The maximum Gasteiger partial charge on any atom is 0.344 e. The van der Waals surface area contributed by atoms with E-state index in [0.29, 0.717) is 13.1 Å². The van der Waals surface area contributed by atoms with E-state index in [2.05, 4.69) is 44.8 Å². The molecular weight excluding hydrogens is 436 g/mol. The fourth-order valence-electron chi connectivity index (χ4n) is 3.54. The highest BCUT2D eigenvalue weighted by molar-refractivity contribution is 7.92. The lowest BCUT2D eigenvalue weighted by atomic mass is 10.0. The highest BCUT2D eigenvalue weighted by Crippen LogP contribution is 2.28. The minimum absolute atomic E-state index is 0.128. The number of carbonyl (C=O) groups excluding carboxylic acids is 1. The monoisotopic (exact) mass is 460 g/mol. The number of hydrogen-bond acceptors (Lipinski definition) is 7. The summed E-state index contributed by atoms with van der Waals surface area (Å²) in [6, 6.07) is 7.65. The normalized spacial score (nSPS) is 15.2. The van der Waals surface area contributed by atoms with Crippen LogP contribution in [0.15, 0.2) is 42.0 Å². The van der Waals surface area contributed by atoms with Gasteiger partial charge in [0.2, 0.25) is 10.0 Å². The predicted octanol–water partition coefficient (Wildman–Crippen LogP) is 2.47. The minimum Gasteiger partial charge on any atom is -0.320 e. The number of nitrogens with one attached hydrogen (secondary N) is 1. The lowest BCUT2D eigenvalue weighted by molar-refractivity contribution is 0.134. The van der Waals surface area contributed by atoms with Gasteiger partial charge in [-0.2, -0.15) is 4.68 Å². The number of benzene rings is 1. The number of nitrogens with zero attached hydrogens (tertiary/aromatic N) is 5. The van der Waals surface area contributed by atoms with Crippen molar-refractivity contribution in [1.29, 1.82) is 0 Å². The van der Waals surface area contributed by atoms with Crippen LogP contribution in [-0.2, 0) is 16.6 Å².